The van der Waals surface area contributed by atoms with Gasteiger partial charge in [-0.25, -0.2) is 0 Å². The summed E-state index contributed by atoms with van der Waals surface area (Å²) in [6.45, 7) is 9.63. The summed E-state index contributed by atoms with van der Waals surface area (Å²) in [5.74, 6) is 0.209. The molecule has 0 radical (unpaired) electrons. The van der Waals surface area contributed by atoms with Gasteiger partial charge < -0.3 is 5.11 Å². The molecular weight excluding hydrogens is 171 g/mol. The Balaban J connectivity index is 3.21. The van der Waals surface area contributed by atoms with Gasteiger partial charge in [-0.1, -0.05) is 35.8 Å². The van der Waals surface area contributed by atoms with Gasteiger partial charge >= 0.3 is 0 Å². The van der Waals surface area contributed by atoms with E-state index in [2.05, 4.69) is 33.5 Å². The third-order valence-corrected chi connectivity index (χ3v) is 2.95. The molecule has 0 saturated heterocycles. The number of hydrogen-bond acceptors (Lipinski definition) is 1. The molecule has 0 fully saturated rings. The van der Waals surface area contributed by atoms with Crippen molar-refractivity contribution in [2.45, 2.75) is 26.2 Å². The van der Waals surface area contributed by atoms with E-state index in [1.165, 1.54) is 11.0 Å². The molecule has 0 aromatic heterocycles. The lowest BCUT2D eigenvalue weighted by atomic mass is 9.80. The van der Waals surface area contributed by atoms with Gasteiger partial charge in [-0.05, 0) is 26.3 Å². The Hall–Kier alpha value is -1.18. The van der Waals surface area contributed by atoms with Crippen LogP contribution in [0.15, 0.2) is 30.5 Å². The van der Waals surface area contributed by atoms with E-state index in [-0.39, 0.29) is 11.2 Å². The van der Waals surface area contributed by atoms with Crippen LogP contribution in [0.5, 0.6) is 0 Å². The minimum absolute atomic E-state index is 0.209. The first-order valence-electron chi connectivity index (χ1n) is 4.82. The van der Waals surface area contributed by atoms with Gasteiger partial charge in [0.05, 0.1) is 5.76 Å². The summed E-state index contributed by atoms with van der Waals surface area (Å²) in [6.07, 6.45) is 0. The molecule has 1 aromatic rings. The summed E-state index contributed by atoms with van der Waals surface area (Å²) < 4.78 is 0. The molecule has 1 rings (SSSR count). The number of aliphatic hydroxyl groups excluding tert-OH is 1. The number of benzene rings is 1. The van der Waals surface area contributed by atoms with E-state index in [0.29, 0.717) is 0 Å². The van der Waals surface area contributed by atoms with Crippen molar-refractivity contribution in [3.8, 4) is 0 Å². The third kappa shape index (κ3) is 1.84. The topological polar surface area (TPSA) is 20.2 Å². The van der Waals surface area contributed by atoms with Crippen molar-refractivity contribution in [2.24, 2.45) is 0 Å². The summed E-state index contributed by atoms with van der Waals surface area (Å²) in [6, 6.07) is 6.23. The number of aliphatic hydroxyl groups is 1. The predicted molar refractivity (Wildman–Crippen MR) is 64.2 cm³/mol. The fourth-order valence-electron chi connectivity index (χ4n) is 1.30. The third-order valence-electron chi connectivity index (χ3n) is 2.95. The average molecular weight is 188 g/mol. The molecular formula is C12H17BO. The first-order valence-corrected chi connectivity index (χ1v) is 4.82. The second kappa shape index (κ2) is 3.53. The molecule has 0 atom stereocenters. The summed E-state index contributed by atoms with van der Waals surface area (Å²) in [7, 11) is 2.08. The van der Waals surface area contributed by atoms with Crippen LogP contribution in [-0.4, -0.2) is 13.0 Å². The fraction of sp³-hybridized carbons (Fsp3) is 0.333. The van der Waals surface area contributed by atoms with E-state index in [1.807, 2.05) is 19.9 Å². The highest BCUT2D eigenvalue weighted by Crippen LogP contribution is 2.28. The van der Waals surface area contributed by atoms with Gasteiger partial charge in [0.2, 0.25) is 0 Å². The molecule has 1 N–H and O–H groups in total. The van der Waals surface area contributed by atoms with Gasteiger partial charge in [0.15, 0.2) is 0 Å². The Labute approximate surface area is 86.9 Å². The summed E-state index contributed by atoms with van der Waals surface area (Å²) in [5.41, 5.74) is 3.26. The Morgan fingerprint density at radius 1 is 1.43 bits per heavy atom. The SMILES string of the molecule is Bc1ccc(C(C)(C)C(=C)O)cc1C. The van der Waals surface area contributed by atoms with Crippen LogP contribution < -0.4 is 5.46 Å². The maximum absolute atomic E-state index is 9.50. The van der Waals surface area contributed by atoms with Crippen LogP contribution in [0.3, 0.4) is 0 Å². The molecule has 1 nitrogen and oxygen atoms in total. The van der Waals surface area contributed by atoms with Crippen LogP contribution in [0.25, 0.3) is 0 Å². The smallest absolute Gasteiger partial charge is 0.139 e. The van der Waals surface area contributed by atoms with Gasteiger partial charge in [0.1, 0.15) is 7.85 Å². The standard InChI is InChI=1S/C12H17BO/c1-8-7-10(5-6-11(8)13)12(3,4)9(2)14/h5-7,14H,2,13H2,1,3-4H3. The first-order chi connectivity index (χ1) is 6.35. The zero-order chi connectivity index (χ0) is 10.9. The predicted octanol–water partition coefficient (Wildman–Crippen LogP) is 1.60. The lowest BCUT2D eigenvalue weighted by molar-refractivity contribution is 0.324. The Morgan fingerprint density at radius 2 is 2.00 bits per heavy atom. The van der Waals surface area contributed by atoms with Crippen LogP contribution in [-0.2, 0) is 5.41 Å². The molecule has 0 saturated carbocycles. The zero-order valence-electron chi connectivity index (χ0n) is 9.39. The number of rotatable bonds is 2. The number of aryl methyl sites for hydroxylation is 1. The fourth-order valence-corrected chi connectivity index (χ4v) is 1.30. The maximum atomic E-state index is 9.50. The highest BCUT2D eigenvalue weighted by Gasteiger charge is 2.24. The van der Waals surface area contributed by atoms with Crippen molar-refractivity contribution < 1.29 is 5.11 Å². The molecule has 0 heterocycles. The molecule has 0 spiro atoms. The number of hydrogen-bond donors (Lipinski definition) is 1. The van der Waals surface area contributed by atoms with Crippen LogP contribution >= 0.6 is 0 Å². The zero-order valence-corrected chi connectivity index (χ0v) is 9.39. The van der Waals surface area contributed by atoms with E-state index in [4.69, 9.17) is 0 Å². The van der Waals surface area contributed by atoms with E-state index < -0.39 is 0 Å². The van der Waals surface area contributed by atoms with Crippen LogP contribution in [0, 0.1) is 6.92 Å². The summed E-state index contributed by atoms with van der Waals surface area (Å²) in [4.78, 5) is 0. The van der Waals surface area contributed by atoms with Gasteiger partial charge in [-0.15, -0.1) is 0 Å². The normalized spacial score (nSPS) is 11.4. The second-order valence-electron chi connectivity index (χ2n) is 4.37. The summed E-state index contributed by atoms with van der Waals surface area (Å²) in [5, 5.41) is 9.50. The Bertz CT molecular complexity index is 367. The van der Waals surface area contributed by atoms with Crippen LogP contribution in [0.1, 0.15) is 25.0 Å². The van der Waals surface area contributed by atoms with Crippen LogP contribution in [0.2, 0.25) is 0 Å². The molecule has 2 heteroatoms. The molecule has 0 aliphatic rings. The van der Waals surface area contributed by atoms with Crippen molar-refractivity contribution in [2.75, 3.05) is 0 Å². The van der Waals surface area contributed by atoms with Gasteiger partial charge in [-0.2, -0.15) is 0 Å². The van der Waals surface area contributed by atoms with Gasteiger partial charge in [0.25, 0.3) is 0 Å². The minimum atomic E-state index is -0.363. The first kappa shape index (κ1) is 10.9. The molecule has 74 valence electrons. The Kier molecular flexibility index (Phi) is 2.75. The molecule has 0 bridgehead atoms. The molecule has 14 heavy (non-hydrogen) atoms. The lowest BCUT2D eigenvalue weighted by Crippen LogP contribution is -2.21. The molecule has 0 amide bonds. The highest BCUT2D eigenvalue weighted by atomic mass is 16.3. The van der Waals surface area contributed by atoms with E-state index in [9.17, 15) is 5.11 Å². The molecule has 0 aliphatic heterocycles. The van der Waals surface area contributed by atoms with E-state index >= 15 is 0 Å². The highest BCUT2D eigenvalue weighted by molar-refractivity contribution is 6.33. The summed E-state index contributed by atoms with van der Waals surface area (Å²) >= 11 is 0. The van der Waals surface area contributed by atoms with Crippen LogP contribution in [0.4, 0.5) is 0 Å². The average Bonchev–Trinajstić information content (AvgIpc) is 2.09. The second-order valence-corrected chi connectivity index (χ2v) is 4.37. The van der Waals surface area contributed by atoms with Crippen molar-refractivity contribution in [1.29, 1.82) is 0 Å². The minimum Gasteiger partial charge on any atom is -0.512 e. The largest absolute Gasteiger partial charge is 0.512 e. The van der Waals surface area contributed by atoms with Crippen molar-refractivity contribution in [1.82, 2.24) is 0 Å². The molecule has 0 aliphatic carbocycles. The molecule has 1 aromatic carbocycles. The van der Waals surface area contributed by atoms with Crippen molar-refractivity contribution in [3.05, 3.63) is 41.7 Å². The molecule has 0 unspecified atom stereocenters. The van der Waals surface area contributed by atoms with Crippen molar-refractivity contribution >= 4 is 13.3 Å². The lowest BCUT2D eigenvalue weighted by Gasteiger charge is -2.24. The van der Waals surface area contributed by atoms with Crippen molar-refractivity contribution in [3.63, 3.8) is 0 Å². The number of allylic oxidation sites excluding steroid dienone is 1. The Morgan fingerprint density at radius 3 is 2.43 bits per heavy atom. The monoisotopic (exact) mass is 188 g/mol. The van der Waals surface area contributed by atoms with E-state index in [1.54, 1.807) is 0 Å². The quantitative estimate of drug-likeness (QED) is 0.552. The van der Waals surface area contributed by atoms with E-state index in [0.717, 1.165) is 5.56 Å². The van der Waals surface area contributed by atoms with Gasteiger partial charge in [-0.3, -0.25) is 0 Å². The maximum Gasteiger partial charge on any atom is 0.139 e. The van der Waals surface area contributed by atoms with Gasteiger partial charge in [0, 0.05) is 5.41 Å².